The Morgan fingerprint density at radius 3 is 1.81 bits per heavy atom. The maximum Gasteiger partial charge on any atom is 0.365 e. The second-order valence-electron chi connectivity index (χ2n) is 5.57. The summed E-state index contributed by atoms with van der Waals surface area (Å²) in [7, 11) is 0. The summed E-state index contributed by atoms with van der Waals surface area (Å²) < 4.78 is 0. The minimum Gasteiger partial charge on any atom is -0.317 e. The molecule has 0 saturated carbocycles. The van der Waals surface area contributed by atoms with Crippen LogP contribution in [-0.4, -0.2) is 23.4 Å². The molecule has 0 fully saturated rings. The quantitative estimate of drug-likeness (QED) is 0.465. The van der Waals surface area contributed by atoms with Gasteiger partial charge in [0.15, 0.2) is 0 Å². The zero-order valence-electron chi connectivity index (χ0n) is 14.3. The molecule has 0 aliphatic heterocycles. The molecule has 27 heavy (non-hydrogen) atoms. The van der Waals surface area contributed by atoms with Crippen molar-refractivity contribution < 1.29 is 19.3 Å². The van der Waals surface area contributed by atoms with Crippen molar-refractivity contribution >= 4 is 23.4 Å². The van der Waals surface area contributed by atoms with Gasteiger partial charge < -0.3 is 9.68 Å². The van der Waals surface area contributed by atoms with Crippen molar-refractivity contribution in [3.63, 3.8) is 0 Å². The van der Waals surface area contributed by atoms with Gasteiger partial charge in [-0.15, -0.1) is 0 Å². The Morgan fingerprint density at radius 2 is 1.22 bits per heavy atom. The number of carbonyl (C=O) groups is 2. The van der Waals surface area contributed by atoms with E-state index >= 15 is 0 Å². The average Bonchev–Trinajstić information content (AvgIpc) is 2.72. The van der Waals surface area contributed by atoms with Gasteiger partial charge in [-0.25, -0.2) is 9.59 Å². The summed E-state index contributed by atoms with van der Waals surface area (Å²) in [4.78, 5) is 33.4. The molecule has 2 aromatic rings. The van der Waals surface area contributed by atoms with Crippen molar-refractivity contribution in [2.75, 3.05) is 0 Å². The van der Waals surface area contributed by atoms with E-state index in [0.29, 0.717) is 17.0 Å². The van der Waals surface area contributed by atoms with Crippen LogP contribution in [0, 0.1) is 0 Å². The second kappa shape index (κ2) is 9.05. The number of oxime groups is 2. The molecule has 6 heteroatoms. The first-order chi connectivity index (χ1) is 13.2. The average molecular weight is 360 g/mol. The highest BCUT2D eigenvalue weighted by atomic mass is 16.7. The smallest absolute Gasteiger partial charge is 0.317 e. The van der Waals surface area contributed by atoms with E-state index in [9.17, 15) is 9.59 Å². The molecule has 2 aromatic carbocycles. The zero-order valence-corrected chi connectivity index (χ0v) is 14.3. The Hall–Kier alpha value is -3.80. The molecule has 0 spiro atoms. The third-order valence-electron chi connectivity index (χ3n) is 3.54. The van der Waals surface area contributed by atoms with Crippen molar-refractivity contribution in [1.82, 2.24) is 0 Å². The van der Waals surface area contributed by atoms with E-state index in [0.717, 1.165) is 5.56 Å². The molecular formula is C21H16N2O4. The van der Waals surface area contributed by atoms with Crippen LogP contribution in [0.1, 0.15) is 15.9 Å². The fourth-order valence-electron chi connectivity index (χ4n) is 2.19. The minimum atomic E-state index is -0.542. The van der Waals surface area contributed by atoms with E-state index in [1.165, 1.54) is 0 Å². The van der Waals surface area contributed by atoms with E-state index in [1.807, 2.05) is 36.4 Å². The number of hydrogen-bond acceptors (Lipinski definition) is 6. The van der Waals surface area contributed by atoms with E-state index in [2.05, 4.69) is 10.3 Å². The van der Waals surface area contributed by atoms with E-state index < -0.39 is 11.9 Å². The van der Waals surface area contributed by atoms with Gasteiger partial charge in [-0.1, -0.05) is 58.8 Å². The van der Waals surface area contributed by atoms with Crippen LogP contribution in [-0.2, 0) is 20.9 Å². The van der Waals surface area contributed by atoms with Crippen LogP contribution in [0.15, 0.2) is 95.3 Å². The van der Waals surface area contributed by atoms with E-state index in [4.69, 9.17) is 9.68 Å². The van der Waals surface area contributed by atoms with Crippen molar-refractivity contribution in [2.24, 2.45) is 10.3 Å². The number of allylic oxidation sites excluding steroid dienone is 4. The molecule has 6 nitrogen and oxygen atoms in total. The van der Waals surface area contributed by atoms with Gasteiger partial charge >= 0.3 is 11.9 Å². The van der Waals surface area contributed by atoms with Gasteiger partial charge in [-0.2, -0.15) is 0 Å². The lowest BCUT2D eigenvalue weighted by atomic mass is 10.1. The summed E-state index contributed by atoms with van der Waals surface area (Å²) in [6, 6.07) is 17.8. The highest BCUT2D eigenvalue weighted by molar-refractivity contribution is 6.18. The van der Waals surface area contributed by atoms with Crippen LogP contribution in [0.3, 0.4) is 0 Å². The van der Waals surface area contributed by atoms with Gasteiger partial charge in [-0.3, -0.25) is 0 Å². The number of carbonyl (C=O) groups excluding carboxylic acids is 2. The van der Waals surface area contributed by atoms with Gasteiger partial charge in [0.2, 0.25) is 0 Å². The summed E-state index contributed by atoms with van der Waals surface area (Å²) in [6.07, 6.45) is 6.55. The van der Waals surface area contributed by atoms with Gasteiger partial charge in [0.25, 0.3) is 0 Å². The molecular weight excluding hydrogens is 344 g/mol. The monoisotopic (exact) mass is 360 g/mol. The van der Waals surface area contributed by atoms with Gasteiger partial charge in [0.1, 0.15) is 11.4 Å². The van der Waals surface area contributed by atoms with Gasteiger partial charge in [-0.05, 0) is 42.0 Å². The molecule has 0 bridgehead atoms. The summed E-state index contributed by atoms with van der Waals surface area (Å²) >= 11 is 0. The molecule has 0 saturated heterocycles. The Kier molecular flexibility index (Phi) is 6.04. The van der Waals surface area contributed by atoms with Crippen LogP contribution in [0.2, 0.25) is 0 Å². The normalized spacial score (nSPS) is 12.4. The predicted octanol–water partition coefficient (Wildman–Crippen LogP) is 3.47. The Morgan fingerprint density at radius 1 is 0.704 bits per heavy atom. The van der Waals surface area contributed by atoms with E-state index in [1.54, 1.807) is 48.6 Å². The first-order valence-electron chi connectivity index (χ1n) is 8.23. The molecule has 0 aromatic heterocycles. The molecule has 0 unspecified atom stereocenters. The fourth-order valence-corrected chi connectivity index (χ4v) is 2.19. The maximum absolute atomic E-state index is 11.8. The Bertz CT molecular complexity index is 911. The van der Waals surface area contributed by atoms with Crippen molar-refractivity contribution in [1.29, 1.82) is 0 Å². The van der Waals surface area contributed by atoms with Crippen LogP contribution in [0.25, 0.3) is 0 Å². The first kappa shape index (κ1) is 18.0. The summed E-state index contributed by atoms with van der Waals surface area (Å²) in [5, 5.41) is 7.56. The van der Waals surface area contributed by atoms with Crippen molar-refractivity contribution in [3.8, 4) is 0 Å². The number of nitrogens with zero attached hydrogens (tertiary/aromatic N) is 2. The predicted molar refractivity (Wildman–Crippen MR) is 101 cm³/mol. The van der Waals surface area contributed by atoms with Gasteiger partial charge in [0.05, 0.1) is 12.0 Å². The van der Waals surface area contributed by atoms with Crippen molar-refractivity contribution in [2.45, 2.75) is 6.42 Å². The Balaban J connectivity index is 1.50. The first-order valence-corrected chi connectivity index (χ1v) is 8.23. The molecule has 0 radical (unpaired) electrons. The summed E-state index contributed by atoms with van der Waals surface area (Å²) in [5.74, 6) is -0.994. The third kappa shape index (κ3) is 5.61. The SMILES string of the molecule is O=C(Cc1ccccc1)ON=C1C=CC(=NOC(=O)c2ccccc2)C=C1. The lowest BCUT2D eigenvalue weighted by Crippen LogP contribution is -2.08. The zero-order chi connectivity index (χ0) is 18.9. The Labute approximate surface area is 156 Å². The van der Waals surface area contributed by atoms with Crippen molar-refractivity contribution in [3.05, 3.63) is 96.1 Å². The number of rotatable bonds is 5. The molecule has 0 heterocycles. The number of benzene rings is 2. The molecule has 1 aliphatic carbocycles. The standard InChI is InChI=1S/C21H16N2O4/c24-20(15-16-7-3-1-4-8-16)26-22-18-11-13-19(14-12-18)23-27-21(25)17-9-5-2-6-10-17/h1-14H,15H2. The van der Waals surface area contributed by atoms with Gasteiger partial charge in [0, 0.05) is 0 Å². The van der Waals surface area contributed by atoms with E-state index in [-0.39, 0.29) is 6.42 Å². The molecule has 0 atom stereocenters. The van der Waals surface area contributed by atoms with Crippen LogP contribution in [0.4, 0.5) is 0 Å². The second-order valence-corrected chi connectivity index (χ2v) is 5.57. The largest absolute Gasteiger partial charge is 0.365 e. The molecule has 1 aliphatic rings. The minimum absolute atomic E-state index is 0.146. The lowest BCUT2D eigenvalue weighted by Gasteiger charge is -2.03. The van der Waals surface area contributed by atoms with Crippen LogP contribution < -0.4 is 0 Å². The molecule has 134 valence electrons. The lowest BCUT2D eigenvalue weighted by molar-refractivity contribution is -0.142. The molecule has 0 amide bonds. The number of hydrogen-bond donors (Lipinski definition) is 0. The van der Waals surface area contributed by atoms with Crippen LogP contribution in [0.5, 0.6) is 0 Å². The maximum atomic E-state index is 11.8. The highest BCUT2D eigenvalue weighted by Gasteiger charge is 2.08. The summed E-state index contributed by atoms with van der Waals surface area (Å²) in [6.45, 7) is 0. The molecule has 0 N–H and O–H groups in total. The third-order valence-corrected chi connectivity index (χ3v) is 3.54. The summed E-state index contributed by atoms with van der Waals surface area (Å²) in [5.41, 5.74) is 2.16. The fraction of sp³-hybridized carbons (Fsp3) is 0.0476. The topological polar surface area (TPSA) is 77.3 Å². The van der Waals surface area contributed by atoms with Crippen LogP contribution >= 0.6 is 0 Å². The highest BCUT2D eigenvalue weighted by Crippen LogP contribution is 2.05. The molecule has 3 rings (SSSR count).